The van der Waals surface area contributed by atoms with Crippen molar-refractivity contribution in [3.8, 4) is 0 Å². The molecular formula is C16H23NO2S. The highest BCUT2D eigenvalue weighted by Crippen LogP contribution is 2.26. The van der Waals surface area contributed by atoms with Crippen molar-refractivity contribution in [1.29, 1.82) is 0 Å². The van der Waals surface area contributed by atoms with Crippen LogP contribution < -0.4 is 5.32 Å². The molecule has 1 aromatic heterocycles. The second-order valence-electron chi connectivity index (χ2n) is 4.85. The van der Waals surface area contributed by atoms with Gasteiger partial charge in [-0.25, -0.2) is 0 Å². The molecule has 1 heterocycles. The average molecular weight is 293 g/mol. The first-order valence-corrected chi connectivity index (χ1v) is 8.41. The van der Waals surface area contributed by atoms with Gasteiger partial charge in [-0.05, 0) is 37.3 Å². The Balaban J connectivity index is 2.04. The highest BCUT2D eigenvalue weighted by molar-refractivity contribution is 7.99. The van der Waals surface area contributed by atoms with Gasteiger partial charge in [0.05, 0.1) is 6.04 Å². The Morgan fingerprint density at radius 2 is 2.20 bits per heavy atom. The van der Waals surface area contributed by atoms with Crippen molar-refractivity contribution in [2.24, 2.45) is 0 Å². The molecule has 0 spiro atoms. The van der Waals surface area contributed by atoms with Crippen LogP contribution in [0.5, 0.6) is 0 Å². The van der Waals surface area contributed by atoms with Crippen molar-refractivity contribution in [1.82, 2.24) is 5.32 Å². The summed E-state index contributed by atoms with van der Waals surface area (Å²) in [5.74, 6) is 2.97. The fraction of sp³-hybridized carbons (Fsp3) is 0.500. The first-order valence-electron chi connectivity index (χ1n) is 7.25. The molecule has 2 rings (SSSR count). The molecule has 0 saturated carbocycles. The van der Waals surface area contributed by atoms with E-state index in [9.17, 15) is 0 Å². The summed E-state index contributed by atoms with van der Waals surface area (Å²) < 4.78 is 5.96. The Hall–Kier alpha value is -0.970. The second kappa shape index (κ2) is 8.35. The minimum Gasteiger partial charge on any atom is -0.459 e. The monoisotopic (exact) mass is 293 g/mol. The molecule has 3 nitrogen and oxygen atoms in total. The van der Waals surface area contributed by atoms with Crippen molar-refractivity contribution in [3.63, 3.8) is 0 Å². The van der Waals surface area contributed by atoms with Crippen LogP contribution in [-0.4, -0.2) is 29.8 Å². The maximum atomic E-state index is 8.84. The van der Waals surface area contributed by atoms with Gasteiger partial charge >= 0.3 is 0 Å². The van der Waals surface area contributed by atoms with Crippen molar-refractivity contribution in [2.75, 3.05) is 24.7 Å². The largest absolute Gasteiger partial charge is 0.459 e. The lowest BCUT2D eigenvalue weighted by Gasteiger charge is -2.15. The van der Waals surface area contributed by atoms with Crippen LogP contribution in [0.25, 0.3) is 11.0 Å². The zero-order valence-electron chi connectivity index (χ0n) is 12.0. The highest BCUT2D eigenvalue weighted by atomic mass is 32.2. The van der Waals surface area contributed by atoms with Crippen LogP contribution in [0.1, 0.15) is 31.6 Å². The van der Waals surface area contributed by atoms with Crippen LogP contribution >= 0.6 is 11.8 Å². The average Bonchev–Trinajstić information content (AvgIpc) is 2.90. The molecule has 0 fully saturated rings. The first-order chi connectivity index (χ1) is 9.85. The van der Waals surface area contributed by atoms with Crippen LogP contribution in [0.2, 0.25) is 0 Å². The molecule has 0 bridgehead atoms. The molecule has 0 aliphatic carbocycles. The number of fused-ring (bicyclic) bond motifs is 1. The summed E-state index contributed by atoms with van der Waals surface area (Å²) in [6.45, 7) is 3.43. The lowest BCUT2D eigenvalue weighted by atomic mass is 10.2. The maximum Gasteiger partial charge on any atom is 0.134 e. The standard InChI is InChI=1S/C16H23NO2S/c1-2-8-17-14(12-20-10-5-9-18)16-11-13-6-3-4-7-15(13)19-16/h3-4,6-7,11,14,17-18H,2,5,8-10,12H2,1H3. The van der Waals surface area contributed by atoms with Gasteiger partial charge in [0.1, 0.15) is 11.3 Å². The van der Waals surface area contributed by atoms with E-state index in [1.807, 2.05) is 30.0 Å². The summed E-state index contributed by atoms with van der Waals surface area (Å²) >= 11 is 1.86. The van der Waals surface area contributed by atoms with Gasteiger partial charge in [0.2, 0.25) is 0 Å². The molecule has 0 amide bonds. The molecular weight excluding hydrogens is 270 g/mol. The van der Waals surface area contributed by atoms with Crippen molar-refractivity contribution < 1.29 is 9.52 Å². The van der Waals surface area contributed by atoms with Gasteiger partial charge < -0.3 is 14.8 Å². The van der Waals surface area contributed by atoms with Crippen molar-refractivity contribution >= 4 is 22.7 Å². The second-order valence-corrected chi connectivity index (χ2v) is 6.00. The number of benzene rings is 1. The van der Waals surface area contributed by atoms with E-state index >= 15 is 0 Å². The third-order valence-corrected chi connectivity index (χ3v) is 4.31. The summed E-state index contributed by atoms with van der Waals surface area (Å²) in [6, 6.07) is 10.5. The number of rotatable bonds is 9. The van der Waals surface area contributed by atoms with Gasteiger partial charge in [0.15, 0.2) is 0 Å². The molecule has 4 heteroatoms. The van der Waals surface area contributed by atoms with Crippen molar-refractivity contribution in [2.45, 2.75) is 25.8 Å². The van der Waals surface area contributed by atoms with Gasteiger partial charge in [-0.2, -0.15) is 11.8 Å². The lowest BCUT2D eigenvalue weighted by Crippen LogP contribution is -2.23. The molecule has 2 N–H and O–H groups in total. The van der Waals surface area contributed by atoms with E-state index in [4.69, 9.17) is 9.52 Å². The normalized spacial score (nSPS) is 12.9. The molecule has 0 aliphatic heterocycles. The molecule has 0 radical (unpaired) electrons. The quantitative estimate of drug-likeness (QED) is 0.694. The van der Waals surface area contributed by atoms with Gasteiger partial charge in [-0.15, -0.1) is 0 Å². The predicted octanol–water partition coefficient (Wildman–Crippen LogP) is 3.59. The van der Waals surface area contributed by atoms with Gasteiger partial charge in [0.25, 0.3) is 0 Å². The number of furan rings is 1. The first kappa shape index (κ1) is 15.4. The van der Waals surface area contributed by atoms with Crippen LogP contribution in [0.4, 0.5) is 0 Å². The van der Waals surface area contributed by atoms with Crippen LogP contribution in [0, 0.1) is 0 Å². The fourth-order valence-corrected chi connectivity index (χ4v) is 3.12. The summed E-state index contributed by atoms with van der Waals surface area (Å²) in [7, 11) is 0. The van der Waals surface area contributed by atoms with Crippen LogP contribution in [0.15, 0.2) is 34.7 Å². The van der Waals surface area contributed by atoms with E-state index in [-0.39, 0.29) is 12.6 Å². The Morgan fingerprint density at radius 1 is 1.35 bits per heavy atom. The SMILES string of the molecule is CCCNC(CSCCCO)c1cc2ccccc2o1. The molecule has 2 aromatic rings. The molecule has 0 saturated heterocycles. The minimum atomic E-state index is 0.242. The predicted molar refractivity (Wildman–Crippen MR) is 86.3 cm³/mol. The Kier molecular flexibility index (Phi) is 6.43. The molecule has 1 unspecified atom stereocenters. The highest BCUT2D eigenvalue weighted by Gasteiger charge is 2.15. The summed E-state index contributed by atoms with van der Waals surface area (Å²) in [5, 5.41) is 13.5. The smallest absolute Gasteiger partial charge is 0.134 e. The van der Waals surface area contributed by atoms with E-state index in [1.165, 1.54) is 0 Å². The molecule has 20 heavy (non-hydrogen) atoms. The Labute approximate surface area is 124 Å². The Bertz CT molecular complexity index is 479. The van der Waals surface area contributed by atoms with E-state index in [0.29, 0.717) is 0 Å². The number of hydrogen-bond acceptors (Lipinski definition) is 4. The lowest BCUT2D eigenvalue weighted by molar-refractivity contribution is 0.296. The van der Waals surface area contributed by atoms with Gasteiger partial charge in [0, 0.05) is 17.7 Å². The number of para-hydroxylation sites is 1. The summed E-state index contributed by atoms with van der Waals surface area (Å²) in [5.41, 5.74) is 0.950. The van der Waals surface area contributed by atoms with E-state index < -0.39 is 0 Å². The number of hydrogen-bond donors (Lipinski definition) is 2. The number of aliphatic hydroxyl groups is 1. The van der Waals surface area contributed by atoms with Gasteiger partial charge in [-0.3, -0.25) is 0 Å². The van der Waals surface area contributed by atoms with Crippen LogP contribution in [0.3, 0.4) is 0 Å². The zero-order chi connectivity index (χ0) is 14.2. The Morgan fingerprint density at radius 3 is 2.95 bits per heavy atom. The molecule has 110 valence electrons. The third kappa shape index (κ3) is 4.27. The third-order valence-electron chi connectivity index (χ3n) is 3.16. The van der Waals surface area contributed by atoms with Crippen molar-refractivity contribution in [3.05, 3.63) is 36.1 Å². The number of thioether (sulfide) groups is 1. The molecule has 1 aromatic carbocycles. The molecule has 0 aliphatic rings. The summed E-state index contributed by atoms with van der Waals surface area (Å²) in [6.07, 6.45) is 1.96. The number of aliphatic hydroxyl groups excluding tert-OH is 1. The van der Waals surface area contributed by atoms with Gasteiger partial charge in [-0.1, -0.05) is 25.1 Å². The fourth-order valence-electron chi connectivity index (χ4n) is 2.10. The van der Waals surface area contributed by atoms with E-state index in [1.54, 1.807) is 0 Å². The van der Waals surface area contributed by atoms with E-state index in [0.717, 1.165) is 47.6 Å². The maximum absolute atomic E-state index is 8.84. The zero-order valence-corrected chi connectivity index (χ0v) is 12.8. The van der Waals surface area contributed by atoms with Crippen LogP contribution in [-0.2, 0) is 0 Å². The summed E-state index contributed by atoms with van der Waals surface area (Å²) in [4.78, 5) is 0. The minimum absolute atomic E-state index is 0.242. The molecule has 1 atom stereocenters. The topological polar surface area (TPSA) is 45.4 Å². The van der Waals surface area contributed by atoms with E-state index in [2.05, 4.69) is 24.4 Å². The number of nitrogens with one attached hydrogen (secondary N) is 1.